The van der Waals surface area contributed by atoms with Crippen LogP contribution in [0.2, 0.25) is 0 Å². The van der Waals surface area contributed by atoms with E-state index in [0.717, 1.165) is 28.7 Å². The van der Waals surface area contributed by atoms with Gasteiger partial charge in [0, 0.05) is 18.8 Å². The molecule has 2 N–H and O–H groups in total. The molecule has 1 aliphatic carbocycles. The number of thiazole rings is 1. The predicted molar refractivity (Wildman–Crippen MR) is 120 cm³/mol. The average Bonchev–Trinajstić information content (AvgIpc) is 3.53. The van der Waals surface area contributed by atoms with Gasteiger partial charge in [-0.3, -0.25) is 9.59 Å². The first-order valence-electron chi connectivity index (χ1n) is 10.2. The van der Waals surface area contributed by atoms with Crippen LogP contribution in [0.25, 0.3) is 21.3 Å². The van der Waals surface area contributed by atoms with Crippen molar-refractivity contribution in [3.63, 3.8) is 0 Å². The first-order valence-corrected chi connectivity index (χ1v) is 12.6. The molecule has 11 heteroatoms. The van der Waals surface area contributed by atoms with Gasteiger partial charge in [-0.15, -0.1) is 21.5 Å². The molecule has 33 heavy (non-hydrogen) atoms. The van der Waals surface area contributed by atoms with E-state index in [2.05, 4.69) is 15.2 Å². The van der Waals surface area contributed by atoms with Crippen LogP contribution < -0.4 is 5.14 Å². The van der Waals surface area contributed by atoms with Gasteiger partial charge in [-0.05, 0) is 48.2 Å². The maximum absolute atomic E-state index is 12.8. The van der Waals surface area contributed by atoms with Crippen molar-refractivity contribution in [2.45, 2.75) is 30.6 Å². The van der Waals surface area contributed by atoms with Gasteiger partial charge in [-0.2, -0.15) is 0 Å². The zero-order chi connectivity index (χ0) is 23.2. The minimum absolute atomic E-state index is 0.0363. The van der Waals surface area contributed by atoms with Gasteiger partial charge in [-0.1, -0.05) is 18.2 Å². The molecule has 1 fully saturated rings. The highest BCUT2D eigenvalue weighted by molar-refractivity contribution is 7.89. The SMILES string of the molecule is NS(=O)(=O)c1ccc(-c2ccc3nc(C(=O)c4nnc(C[C@H]5CCCC5=O)o4)sc3c2)cc1. The second kappa shape index (κ2) is 8.25. The van der Waals surface area contributed by atoms with E-state index < -0.39 is 15.8 Å². The van der Waals surface area contributed by atoms with Crippen molar-refractivity contribution in [2.75, 3.05) is 0 Å². The van der Waals surface area contributed by atoms with E-state index in [1.807, 2.05) is 12.1 Å². The quantitative estimate of drug-likeness (QED) is 0.412. The van der Waals surface area contributed by atoms with Crippen LogP contribution in [0.3, 0.4) is 0 Å². The Morgan fingerprint density at radius 3 is 2.58 bits per heavy atom. The van der Waals surface area contributed by atoms with Crippen LogP contribution in [0.15, 0.2) is 51.8 Å². The molecular formula is C22H18N4O5S2. The number of carbonyl (C=O) groups excluding carboxylic acids is 2. The highest BCUT2D eigenvalue weighted by Gasteiger charge is 2.28. The number of ketones is 2. The predicted octanol–water partition coefficient (Wildman–Crippen LogP) is 3.14. The van der Waals surface area contributed by atoms with E-state index in [1.54, 1.807) is 18.2 Å². The van der Waals surface area contributed by atoms with Crippen molar-refractivity contribution in [1.29, 1.82) is 0 Å². The van der Waals surface area contributed by atoms with Gasteiger partial charge >= 0.3 is 0 Å². The molecule has 1 aliphatic rings. The highest BCUT2D eigenvalue weighted by atomic mass is 32.2. The molecule has 0 saturated heterocycles. The van der Waals surface area contributed by atoms with Gasteiger partial charge in [0.1, 0.15) is 5.78 Å². The number of benzene rings is 2. The number of Topliss-reactive ketones (excluding diaryl/α,β-unsaturated/α-hetero) is 1. The van der Waals surface area contributed by atoms with Gasteiger partial charge < -0.3 is 4.42 Å². The van der Waals surface area contributed by atoms with E-state index in [0.29, 0.717) is 18.4 Å². The van der Waals surface area contributed by atoms with Crippen molar-refractivity contribution < 1.29 is 22.4 Å². The summed E-state index contributed by atoms with van der Waals surface area (Å²) in [5, 5.41) is 13.2. The third-order valence-electron chi connectivity index (χ3n) is 5.61. The minimum Gasteiger partial charge on any atom is -0.418 e. The van der Waals surface area contributed by atoms with Gasteiger partial charge in [-0.25, -0.2) is 18.5 Å². The number of fused-ring (bicyclic) bond motifs is 1. The van der Waals surface area contributed by atoms with E-state index in [1.165, 1.54) is 23.5 Å². The van der Waals surface area contributed by atoms with Crippen molar-refractivity contribution in [1.82, 2.24) is 15.2 Å². The molecular weight excluding hydrogens is 464 g/mol. The molecule has 0 aliphatic heterocycles. The Labute approximate surface area is 192 Å². The number of primary sulfonamides is 1. The van der Waals surface area contributed by atoms with Crippen LogP contribution in [-0.4, -0.2) is 35.2 Å². The maximum atomic E-state index is 12.8. The van der Waals surface area contributed by atoms with Crippen molar-refractivity contribution in [2.24, 2.45) is 11.1 Å². The Morgan fingerprint density at radius 1 is 1.12 bits per heavy atom. The number of aromatic nitrogens is 3. The lowest BCUT2D eigenvalue weighted by atomic mass is 10.0. The molecule has 168 valence electrons. The second-order valence-electron chi connectivity index (χ2n) is 7.86. The fraction of sp³-hybridized carbons (Fsp3) is 0.227. The Kier molecular flexibility index (Phi) is 5.39. The molecule has 0 unspecified atom stereocenters. The summed E-state index contributed by atoms with van der Waals surface area (Å²) in [7, 11) is -3.76. The lowest BCUT2D eigenvalue weighted by molar-refractivity contribution is -0.120. The zero-order valence-electron chi connectivity index (χ0n) is 17.2. The molecule has 4 aromatic rings. The number of carbonyl (C=O) groups is 2. The molecule has 5 rings (SSSR count). The summed E-state index contributed by atoms with van der Waals surface area (Å²) >= 11 is 1.20. The number of sulfonamides is 1. The smallest absolute Gasteiger partial charge is 0.291 e. The standard InChI is InChI=1S/C22H18N4O5S2/c23-33(29,30)15-7-4-12(5-8-15)13-6-9-16-18(10-13)32-22(24-16)20(28)21-26-25-19(31-21)11-14-2-1-3-17(14)27/h4-10,14H,1-3,11H2,(H2,23,29,30)/t14-/m1/s1. The molecule has 1 atom stereocenters. The summed E-state index contributed by atoms with van der Waals surface area (Å²) in [5.41, 5.74) is 2.28. The number of hydrogen-bond donors (Lipinski definition) is 1. The van der Waals surface area contributed by atoms with Gasteiger partial charge in [0.25, 0.3) is 11.7 Å². The first-order chi connectivity index (χ1) is 15.8. The molecule has 0 amide bonds. The zero-order valence-corrected chi connectivity index (χ0v) is 18.9. The van der Waals surface area contributed by atoms with Crippen molar-refractivity contribution in [3.05, 3.63) is 59.3 Å². The molecule has 0 bridgehead atoms. The van der Waals surface area contributed by atoms with Crippen LogP contribution in [0.5, 0.6) is 0 Å². The molecule has 2 heterocycles. The molecule has 2 aromatic heterocycles. The summed E-state index contributed by atoms with van der Waals surface area (Å²) in [6, 6.07) is 11.7. The van der Waals surface area contributed by atoms with E-state index in [9.17, 15) is 18.0 Å². The molecule has 0 radical (unpaired) electrons. The molecule has 0 spiro atoms. The van der Waals surface area contributed by atoms with Crippen LogP contribution in [0, 0.1) is 5.92 Å². The molecule has 9 nitrogen and oxygen atoms in total. The summed E-state index contributed by atoms with van der Waals surface area (Å²) in [6.07, 6.45) is 2.60. The minimum atomic E-state index is -3.76. The van der Waals surface area contributed by atoms with Crippen LogP contribution in [-0.2, 0) is 21.2 Å². The largest absolute Gasteiger partial charge is 0.418 e. The van der Waals surface area contributed by atoms with E-state index in [4.69, 9.17) is 9.56 Å². The Morgan fingerprint density at radius 2 is 1.88 bits per heavy atom. The average molecular weight is 483 g/mol. The van der Waals surface area contributed by atoms with E-state index in [-0.39, 0.29) is 33.4 Å². The van der Waals surface area contributed by atoms with Crippen molar-refractivity contribution >= 4 is 43.1 Å². The monoisotopic (exact) mass is 482 g/mol. The van der Waals surface area contributed by atoms with Crippen LogP contribution >= 0.6 is 11.3 Å². The number of nitrogens with zero attached hydrogens (tertiary/aromatic N) is 3. The summed E-state index contributed by atoms with van der Waals surface area (Å²) < 4.78 is 29.2. The van der Waals surface area contributed by atoms with Crippen LogP contribution in [0.4, 0.5) is 0 Å². The molecule has 1 saturated carbocycles. The third-order valence-corrected chi connectivity index (χ3v) is 7.56. The van der Waals surface area contributed by atoms with Gasteiger partial charge in [0.15, 0.2) is 5.01 Å². The van der Waals surface area contributed by atoms with Gasteiger partial charge in [0.05, 0.1) is 15.1 Å². The number of nitrogens with two attached hydrogens (primary N) is 1. The topological polar surface area (TPSA) is 146 Å². The fourth-order valence-corrected chi connectivity index (χ4v) is 5.32. The Hall–Kier alpha value is -3.28. The van der Waals surface area contributed by atoms with Gasteiger partial charge in [0.2, 0.25) is 15.9 Å². The number of rotatable bonds is 6. The van der Waals surface area contributed by atoms with Crippen molar-refractivity contribution in [3.8, 4) is 11.1 Å². The van der Waals surface area contributed by atoms with Crippen LogP contribution in [0.1, 0.15) is 40.8 Å². The summed E-state index contributed by atoms with van der Waals surface area (Å²) in [6.45, 7) is 0. The Balaban J connectivity index is 1.37. The van der Waals surface area contributed by atoms with E-state index >= 15 is 0 Å². The Bertz CT molecular complexity index is 1490. The third kappa shape index (κ3) is 4.34. The maximum Gasteiger partial charge on any atom is 0.291 e. The summed E-state index contributed by atoms with van der Waals surface area (Å²) in [4.78, 5) is 29.1. The fourth-order valence-electron chi connectivity index (χ4n) is 3.87. The normalized spacial score (nSPS) is 16.5. The summed E-state index contributed by atoms with van der Waals surface area (Å²) in [5.74, 6) is -0.249. The number of hydrogen-bond acceptors (Lipinski definition) is 9. The molecule has 2 aromatic carbocycles. The second-order valence-corrected chi connectivity index (χ2v) is 10.5. The lowest BCUT2D eigenvalue weighted by Gasteiger charge is -2.03. The highest BCUT2D eigenvalue weighted by Crippen LogP contribution is 2.30. The first kappa shape index (κ1) is 21.6. The lowest BCUT2D eigenvalue weighted by Crippen LogP contribution is -2.11.